The van der Waals surface area contributed by atoms with E-state index in [9.17, 15) is 9.59 Å². The normalized spacial score (nSPS) is 19.5. The van der Waals surface area contributed by atoms with Crippen LogP contribution in [0.3, 0.4) is 0 Å². The maximum atomic E-state index is 13.2. The number of fused-ring (bicyclic) bond motifs is 1. The summed E-state index contributed by atoms with van der Waals surface area (Å²) in [4.78, 5) is 29.6. The highest BCUT2D eigenvalue weighted by molar-refractivity contribution is 5.94. The molecule has 0 saturated carbocycles. The molecule has 4 rings (SSSR count). The Morgan fingerprint density at radius 2 is 1.92 bits per heavy atom. The number of ether oxygens (including phenoxy) is 1. The fourth-order valence-electron chi connectivity index (χ4n) is 5.94. The number of hydroxylamine groups is 1. The Bertz CT molecular complexity index is 1280. The summed E-state index contributed by atoms with van der Waals surface area (Å²) in [6, 6.07) is 17.5. The van der Waals surface area contributed by atoms with Crippen LogP contribution in [0.25, 0.3) is 10.9 Å². The van der Waals surface area contributed by atoms with Gasteiger partial charge >= 0.3 is 0 Å². The third-order valence-corrected chi connectivity index (χ3v) is 7.90. The van der Waals surface area contributed by atoms with Crippen molar-refractivity contribution in [1.82, 2.24) is 20.9 Å². The highest BCUT2D eigenvalue weighted by atomic mass is 16.5. The number of carbonyl (C=O) groups excluding carboxylic acids is 2. The summed E-state index contributed by atoms with van der Waals surface area (Å²) in [5.41, 5.74) is 8.45. The second-order valence-corrected chi connectivity index (χ2v) is 10.6. The molecule has 0 spiro atoms. The molecule has 2 unspecified atom stereocenters. The van der Waals surface area contributed by atoms with Crippen LogP contribution in [0.4, 0.5) is 0 Å². The molecule has 3 aromatic rings. The predicted molar refractivity (Wildman–Crippen MR) is 151 cm³/mol. The van der Waals surface area contributed by atoms with Gasteiger partial charge in [-0.15, -0.1) is 0 Å². The van der Waals surface area contributed by atoms with Crippen LogP contribution < -0.4 is 15.6 Å². The summed E-state index contributed by atoms with van der Waals surface area (Å²) in [5, 5.41) is 12.2. The topological polar surface area (TPSA) is 104 Å². The first-order valence-corrected chi connectivity index (χ1v) is 14.0. The summed E-state index contributed by atoms with van der Waals surface area (Å²) >= 11 is 0. The van der Waals surface area contributed by atoms with Gasteiger partial charge in [0.2, 0.25) is 5.91 Å². The highest BCUT2D eigenvalue weighted by Crippen LogP contribution is 2.38. The quantitative estimate of drug-likeness (QED) is 0.227. The lowest BCUT2D eigenvalue weighted by Crippen LogP contribution is -2.61. The van der Waals surface area contributed by atoms with Gasteiger partial charge in [-0.25, -0.2) is 10.5 Å². The second kappa shape index (κ2) is 13.0. The molecule has 8 heteroatoms. The number of rotatable bonds is 11. The summed E-state index contributed by atoms with van der Waals surface area (Å²) in [5.74, 6) is 0.382. The van der Waals surface area contributed by atoms with Crippen LogP contribution in [0.15, 0.2) is 54.6 Å². The van der Waals surface area contributed by atoms with Crippen molar-refractivity contribution < 1.29 is 19.5 Å². The Balaban J connectivity index is 1.36. The zero-order chi connectivity index (χ0) is 27.8. The molecule has 208 valence electrons. The van der Waals surface area contributed by atoms with Crippen LogP contribution in [0, 0.1) is 12.8 Å². The molecule has 1 aliphatic rings. The predicted octanol–water partition coefficient (Wildman–Crippen LogP) is 5.37. The van der Waals surface area contributed by atoms with Crippen LogP contribution in [-0.2, 0) is 11.2 Å². The molecule has 1 aromatic heterocycles. The van der Waals surface area contributed by atoms with E-state index in [1.807, 2.05) is 37.3 Å². The molecular weight excluding hydrogens is 492 g/mol. The van der Waals surface area contributed by atoms with Crippen molar-refractivity contribution in [2.75, 3.05) is 13.2 Å². The number of pyridine rings is 1. The molecule has 0 aliphatic carbocycles. The third-order valence-electron chi connectivity index (χ3n) is 7.90. The van der Waals surface area contributed by atoms with Crippen molar-refractivity contribution >= 4 is 22.7 Å². The van der Waals surface area contributed by atoms with Crippen molar-refractivity contribution in [2.24, 2.45) is 5.92 Å². The van der Waals surface area contributed by atoms with E-state index in [4.69, 9.17) is 9.94 Å². The van der Waals surface area contributed by atoms with E-state index >= 15 is 0 Å². The minimum Gasteiger partial charge on any atom is -0.493 e. The lowest BCUT2D eigenvalue weighted by molar-refractivity contribution is -0.131. The van der Waals surface area contributed by atoms with E-state index in [0.717, 1.165) is 60.9 Å². The standard InChI is InChI=1S/C31H40N4O4/c1-4-16-31(5-2)21-23(20-29(36)34-38)14-17-35(31)33-30(37)24-10-12-26(13-11-24)39-18-15-25-19-22(3)32-28-9-7-6-8-27(25)28/h6-13,19,23,38H,4-5,14-18,20-21H2,1-3H3,(H,33,37)(H,34,36). The first-order valence-electron chi connectivity index (χ1n) is 14.0. The van der Waals surface area contributed by atoms with E-state index in [1.54, 1.807) is 17.6 Å². The van der Waals surface area contributed by atoms with Gasteiger partial charge in [0.15, 0.2) is 0 Å². The molecule has 1 aliphatic heterocycles. The molecule has 2 atom stereocenters. The molecule has 0 bridgehead atoms. The number of nitrogens with one attached hydrogen (secondary N) is 2. The molecule has 1 saturated heterocycles. The van der Waals surface area contributed by atoms with Crippen molar-refractivity contribution in [1.29, 1.82) is 0 Å². The molecule has 2 amide bonds. The SMILES string of the molecule is CCCC1(CC)CC(CC(=O)NO)CCN1NC(=O)c1ccc(OCCc2cc(C)nc3ccccc23)cc1. The Kier molecular flexibility index (Phi) is 9.54. The van der Waals surface area contributed by atoms with Crippen molar-refractivity contribution in [3.8, 4) is 5.75 Å². The molecule has 3 N–H and O–H groups in total. The maximum absolute atomic E-state index is 13.2. The van der Waals surface area contributed by atoms with E-state index in [0.29, 0.717) is 25.1 Å². The second-order valence-electron chi connectivity index (χ2n) is 10.6. The smallest absolute Gasteiger partial charge is 0.265 e. The van der Waals surface area contributed by atoms with Gasteiger partial charge in [0.05, 0.1) is 12.1 Å². The van der Waals surface area contributed by atoms with Crippen LogP contribution in [0.2, 0.25) is 0 Å². The summed E-state index contributed by atoms with van der Waals surface area (Å²) in [7, 11) is 0. The average molecular weight is 533 g/mol. The van der Waals surface area contributed by atoms with Gasteiger partial charge in [-0.3, -0.25) is 25.2 Å². The third kappa shape index (κ3) is 6.94. The molecule has 0 radical (unpaired) electrons. The maximum Gasteiger partial charge on any atom is 0.265 e. The van der Waals surface area contributed by atoms with Crippen LogP contribution >= 0.6 is 0 Å². The lowest BCUT2D eigenvalue weighted by Gasteiger charge is -2.49. The Hall–Kier alpha value is -3.49. The van der Waals surface area contributed by atoms with E-state index in [1.165, 1.54) is 5.56 Å². The summed E-state index contributed by atoms with van der Waals surface area (Å²) in [6.07, 6.45) is 5.38. The average Bonchev–Trinajstić information content (AvgIpc) is 2.94. The number of hydrogen-bond donors (Lipinski definition) is 3. The Labute approximate surface area is 230 Å². The van der Waals surface area contributed by atoms with Crippen LogP contribution in [0.5, 0.6) is 5.75 Å². The van der Waals surface area contributed by atoms with Gasteiger partial charge in [0.1, 0.15) is 5.75 Å². The zero-order valence-electron chi connectivity index (χ0n) is 23.2. The number of hydrogen-bond acceptors (Lipinski definition) is 6. The molecule has 2 aromatic carbocycles. The van der Waals surface area contributed by atoms with Gasteiger partial charge in [0.25, 0.3) is 5.91 Å². The molecule has 1 fully saturated rings. The fourth-order valence-corrected chi connectivity index (χ4v) is 5.94. The number of aromatic nitrogens is 1. The van der Waals surface area contributed by atoms with Crippen molar-refractivity contribution in [2.45, 2.75) is 71.3 Å². The molecule has 8 nitrogen and oxygen atoms in total. The number of piperidine rings is 1. The van der Waals surface area contributed by atoms with E-state index in [2.05, 4.69) is 41.4 Å². The fraction of sp³-hybridized carbons (Fsp3) is 0.452. The van der Waals surface area contributed by atoms with Crippen LogP contribution in [0.1, 0.15) is 74.0 Å². The summed E-state index contributed by atoms with van der Waals surface area (Å²) in [6.45, 7) is 7.46. The number of aryl methyl sites for hydroxylation is 1. The molecule has 39 heavy (non-hydrogen) atoms. The first-order chi connectivity index (χ1) is 18.9. The Morgan fingerprint density at radius 1 is 1.15 bits per heavy atom. The van der Waals surface area contributed by atoms with E-state index < -0.39 is 0 Å². The lowest BCUT2D eigenvalue weighted by atomic mass is 9.75. The van der Waals surface area contributed by atoms with Crippen molar-refractivity contribution in [3.05, 3.63) is 71.4 Å². The van der Waals surface area contributed by atoms with Crippen LogP contribution in [-0.4, -0.2) is 45.7 Å². The molecular formula is C31H40N4O4. The molecule has 2 heterocycles. The summed E-state index contributed by atoms with van der Waals surface area (Å²) < 4.78 is 6.01. The van der Waals surface area contributed by atoms with Gasteiger partial charge < -0.3 is 4.74 Å². The largest absolute Gasteiger partial charge is 0.493 e. The van der Waals surface area contributed by atoms with Gasteiger partial charge in [-0.05, 0) is 80.5 Å². The highest BCUT2D eigenvalue weighted by Gasteiger charge is 2.41. The first kappa shape index (κ1) is 28.5. The number of benzene rings is 2. The number of para-hydroxylation sites is 1. The van der Waals surface area contributed by atoms with E-state index in [-0.39, 0.29) is 23.3 Å². The van der Waals surface area contributed by atoms with Gasteiger partial charge in [0, 0.05) is 41.6 Å². The number of carbonyl (C=O) groups is 2. The zero-order valence-corrected chi connectivity index (χ0v) is 23.2. The Morgan fingerprint density at radius 3 is 2.64 bits per heavy atom. The van der Waals surface area contributed by atoms with Crippen molar-refractivity contribution in [3.63, 3.8) is 0 Å². The van der Waals surface area contributed by atoms with Gasteiger partial charge in [-0.2, -0.15) is 0 Å². The number of hydrazine groups is 1. The number of amides is 2. The monoisotopic (exact) mass is 532 g/mol. The van der Waals surface area contributed by atoms with Gasteiger partial charge in [-0.1, -0.05) is 38.5 Å². The number of nitrogens with zero attached hydrogens (tertiary/aromatic N) is 2. The minimum atomic E-state index is -0.356. The minimum absolute atomic E-state index is 0.152.